The van der Waals surface area contributed by atoms with Gasteiger partial charge < -0.3 is 15.2 Å². The molecule has 0 radical (unpaired) electrons. The molecular formula is C16H15BrClNO2. The lowest BCUT2D eigenvalue weighted by Crippen LogP contribution is -2.08. The van der Waals surface area contributed by atoms with Gasteiger partial charge in [0.05, 0.1) is 23.3 Å². The molecule has 0 aromatic heterocycles. The van der Waals surface area contributed by atoms with E-state index in [1.54, 1.807) is 19.2 Å². The minimum absolute atomic E-state index is 0.145. The van der Waals surface area contributed by atoms with Gasteiger partial charge in [0.25, 0.3) is 0 Å². The maximum atomic E-state index is 9.92. The van der Waals surface area contributed by atoms with Gasteiger partial charge in [-0.3, -0.25) is 0 Å². The van der Waals surface area contributed by atoms with E-state index in [9.17, 15) is 5.11 Å². The van der Waals surface area contributed by atoms with Gasteiger partial charge in [-0.15, -0.1) is 0 Å². The summed E-state index contributed by atoms with van der Waals surface area (Å²) in [6.07, 6.45) is 1.80. The second kappa shape index (κ2) is 5.78. The fraction of sp³-hybridized carbons (Fsp3) is 0.250. The summed E-state index contributed by atoms with van der Waals surface area (Å²) in [5.41, 5.74) is 3.00. The lowest BCUT2D eigenvalue weighted by atomic mass is 10.1. The Morgan fingerprint density at radius 1 is 1.38 bits per heavy atom. The van der Waals surface area contributed by atoms with E-state index < -0.39 is 0 Å². The van der Waals surface area contributed by atoms with Crippen LogP contribution < -0.4 is 10.1 Å². The molecule has 3 rings (SSSR count). The molecule has 0 heterocycles. The van der Waals surface area contributed by atoms with Crippen molar-refractivity contribution in [2.45, 2.75) is 18.9 Å². The predicted molar refractivity (Wildman–Crippen MR) is 88.5 cm³/mol. The number of ether oxygens (including phenoxy) is 1. The topological polar surface area (TPSA) is 41.5 Å². The van der Waals surface area contributed by atoms with Crippen LogP contribution in [0, 0.1) is 0 Å². The summed E-state index contributed by atoms with van der Waals surface area (Å²) in [5.74, 6) is 1.10. The third kappa shape index (κ3) is 2.70. The van der Waals surface area contributed by atoms with Gasteiger partial charge >= 0.3 is 0 Å². The molecule has 1 aliphatic carbocycles. The smallest absolute Gasteiger partial charge is 0.156 e. The molecule has 0 saturated carbocycles. The summed E-state index contributed by atoms with van der Waals surface area (Å²) in [6, 6.07) is 9.46. The largest absolute Gasteiger partial charge is 0.508 e. The number of halogens is 2. The maximum absolute atomic E-state index is 9.92. The number of fused-ring (bicyclic) bond motifs is 1. The Hall–Kier alpha value is -1.39. The quantitative estimate of drug-likeness (QED) is 0.808. The SMILES string of the molecule is COc1c(Br)cc(Cl)cc1NC1CCc2c(O)cccc21. The number of methoxy groups -OCH3 is 1. The number of nitrogens with one attached hydrogen (secondary N) is 1. The number of hydrogen-bond donors (Lipinski definition) is 2. The van der Waals surface area contributed by atoms with Crippen LogP contribution in [0.4, 0.5) is 5.69 Å². The first-order valence-corrected chi connectivity index (χ1v) is 7.87. The number of rotatable bonds is 3. The van der Waals surface area contributed by atoms with Gasteiger partial charge in [-0.05, 0) is 58.1 Å². The van der Waals surface area contributed by atoms with Crippen molar-refractivity contribution in [2.75, 3.05) is 12.4 Å². The van der Waals surface area contributed by atoms with Crippen LogP contribution in [0.15, 0.2) is 34.8 Å². The summed E-state index contributed by atoms with van der Waals surface area (Å²) >= 11 is 9.59. The van der Waals surface area contributed by atoms with Gasteiger partial charge in [-0.1, -0.05) is 23.7 Å². The Labute approximate surface area is 137 Å². The van der Waals surface area contributed by atoms with E-state index in [0.717, 1.165) is 39.9 Å². The van der Waals surface area contributed by atoms with Gasteiger partial charge in [0.2, 0.25) is 0 Å². The Morgan fingerprint density at radius 2 is 2.19 bits per heavy atom. The van der Waals surface area contributed by atoms with E-state index in [4.69, 9.17) is 16.3 Å². The van der Waals surface area contributed by atoms with Gasteiger partial charge in [0.15, 0.2) is 5.75 Å². The highest BCUT2D eigenvalue weighted by molar-refractivity contribution is 9.10. The lowest BCUT2D eigenvalue weighted by molar-refractivity contribution is 0.413. The number of benzene rings is 2. The van der Waals surface area contributed by atoms with Crippen molar-refractivity contribution in [1.82, 2.24) is 0 Å². The van der Waals surface area contributed by atoms with Crippen LogP contribution in [0.1, 0.15) is 23.6 Å². The molecule has 1 unspecified atom stereocenters. The number of phenols is 1. The third-order valence-electron chi connectivity index (χ3n) is 3.79. The van der Waals surface area contributed by atoms with Crippen molar-refractivity contribution in [1.29, 1.82) is 0 Å². The van der Waals surface area contributed by atoms with Crippen molar-refractivity contribution < 1.29 is 9.84 Å². The van der Waals surface area contributed by atoms with Crippen LogP contribution in [-0.2, 0) is 6.42 Å². The van der Waals surface area contributed by atoms with E-state index in [2.05, 4.69) is 21.2 Å². The molecule has 0 saturated heterocycles. The fourth-order valence-corrected chi connectivity index (χ4v) is 3.82. The molecule has 1 aliphatic rings. The van der Waals surface area contributed by atoms with Crippen LogP contribution >= 0.6 is 27.5 Å². The summed E-state index contributed by atoms with van der Waals surface area (Å²) in [4.78, 5) is 0. The number of aromatic hydroxyl groups is 1. The first kappa shape index (κ1) is 14.5. The Balaban J connectivity index is 1.95. The second-order valence-corrected chi connectivity index (χ2v) is 6.34. The monoisotopic (exact) mass is 367 g/mol. The molecule has 1 atom stereocenters. The summed E-state index contributed by atoms with van der Waals surface area (Å²) in [5, 5.41) is 14.0. The highest BCUT2D eigenvalue weighted by Crippen LogP contribution is 2.42. The van der Waals surface area contributed by atoms with Crippen molar-refractivity contribution in [3.05, 3.63) is 51.0 Å². The molecule has 2 aromatic carbocycles. The van der Waals surface area contributed by atoms with E-state index in [0.29, 0.717) is 10.8 Å². The Kier molecular flexibility index (Phi) is 4.00. The molecule has 0 fully saturated rings. The molecule has 2 aromatic rings. The molecule has 3 nitrogen and oxygen atoms in total. The van der Waals surface area contributed by atoms with E-state index in [1.807, 2.05) is 18.2 Å². The highest BCUT2D eigenvalue weighted by Gasteiger charge is 2.25. The van der Waals surface area contributed by atoms with Crippen LogP contribution in [0.5, 0.6) is 11.5 Å². The van der Waals surface area contributed by atoms with Crippen LogP contribution in [0.25, 0.3) is 0 Å². The average Bonchev–Trinajstić information content (AvgIpc) is 2.83. The Bertz CT molecular complexity index is 690. The summed E-state index contributed by atoms with van der Waals surface area (Å²) < 4.78 is 6.25. The molecule has 0 bridgehead atoms. The predicted octanol–water partition coefficient (Wildman–Crippen LogP) is 4.92. The zero-order chi connectivity index (χ0) is 15.0. The summed E-state index contributed by atoms with van der Waals surface area (Å²) in [6.45, 7) is 0. The molecule has 0 spiro atoms. The molecular weight excluding hydrogens is 354 g/mol. The van der Waals surface area contributed by atoms with Crippen LogP contribution in [0.3, 0.4) is 0 Å². The molecule has 0 amide bonds. The normalized spacial score (nSPS) is 16.6. The van der Waals surface area contributed by atoms with Crippen LogP contribution in [0.2, 0.25) is 5.02 Å². The Morgan fingerprint density at radius 3 is 2.95 bits per heavy atom. The van der Waals surface area contributed by atoms with Crippen molar-refractivity contribution in [3.63, 3.8) is 0 Å². The van der Waals surface area contributed by atoms with Gasteiger partial charge in [-0.2, -0.15) is 0 Å². The van der Waals surface area contributed by atoms with E-state index >= 15 is 0 Å². The van der Waals surface area contributed by atoms with E-state index in [-0.39, 0.29) is 6.04 Å². The van der Waals surface area contributed by atoms with Crippen molar-refractivity contribution in [2.24, 2.45) is 0 Å². The van der Waals surface area contributed by atoms with Gasteiger partial charge in [0, 0.05) is 5.02 Å². The second-order valence-electron chi connectivity index (χ2n) is 5.05. The zero-order valence-corrected chi connectivity index (χ0v) is 13.8. The van der Waals surface area contributed by atoms with Gasteiger partial charge in [0.1, 0.15) is 5.75 Å². The minimum Gasteiger partial charge on any atom is -0.508 e. The van der Waals surface area contributed by atoms with Crippen molar-refractivity contribution >= 4 is 33.2 Å². The molecule has 5 heteroatoms. The third-order valence-corrected chi connectivity index (χ3v) is 4.60. The number of anilines is 1. The summed E-state index contributed by atoms with van der Waals surface area (Å²) in [7, 11) is 1.63. The number of hydrogen-bond acceptors (Lipinski definition) is 3. The molecule has 21 heavy (non-hydrogen) atoms. The van der Waals surface area contributed by atoms with Crippen molar-refractivity contribution in [3.8, 4) is 11.5 Å². The fourth-order valence-electron chi connectivity index (χ4n) is 2.85. The minimum atomic E-state index is 0.145. The average molecular weight is 369 g/mol. The standard InChI is InChI=1S/C16H15BrClNO2/c1-21-16-12(17)7-9(18)8-14(16)19-13-6-5-11-10(13)3-2-4-15(11)20/h2-4,7-8,13,19-20H,5-6H2,1H3. The van der Waals surface area contributed by atoms with Crippen LogP contribution in [-0.4, -0.2) is 12.2 Å². The maximum Gasteiger partial charge on any atom is 0.156 e. The molecule has 2 N–H and O–H groups in total. The highest BCUT2D eigenvalue weighted by atomic mass is 79.9. The molecule has 110 valence electrons. The first-order valence-electron chi connectivity index (χ1n) is 6.70. The number of phenolic OH excluding ortho intramolecular Hbond substituents is 1. The van der Waals surface area contributed by atoms with Gasteiger partial charge in [-0.25, -0.2) is 0 Å². The van der Waals surface area contributed by atoms with E-state index in [1.165, 1.54) is 0 Å². The lowest BCUT2D eigenvalue weighted by Gasteiger charge is -2.19. The first-order chi connectivity index (χ1) is 10.1. The molecule has 0 aliphatic heterocycles. The zero-order valence-electron chi connectivity index (χ0n) is 11.5.